The Kier molecular flexibility index (Phi) is 7.70. The molecule has 0 heteroatoms. The third kappa shape index (κ3) is 5.14. The molecule has 0 aliphatic carbocycles. The Morgan fingerprint density at radius 2 is 0.519 bits per heavy atom. The monoisotopic (exact) mass is 686 g/mol. The molecule has 0 bridgehead atoms. The lowest BCUT2D eigenvalue weighted by atomic mass is 9.80. The average molecular weight is 687 g/mol. The van der Waals surface area contributed by atoms with E-state index in [1.165, 1.54) is 110 Å². The second kappa shape index (κ2) is 13.0. The zero-order chi connectivity index (χ0) is 36.2. The molecule has 0 radical (unpaired) electrons. The fourth-order valence-electron chi connectivity index (χ4n) is 8.78. The molecule has 254 valence electrons. The molecule has 10 aromatic carbocycles. The molecular formula is C54H38. The number of rotatable bonds is 5. The Morgan fingerprint density at radius 3 is 0.889 bits per heavy atom. The van der Waals surface area contributed by atoms with Crippen molar-refractivity contribution in [2.45, 2.75) is 13.8 Å². The van der Waals surface area contributed by atoms with Crippen LogP contribution < -0.4 is 0 Å². The highest BCUT2D eigenvalue weighted by Gasteiger charge is 2.23. The first-order valence-corrected chi connectivity index (χ1v) is 18.9. The van der Waals surface area contributed by atoms with Gasteiger partial charge in [-0.15, -0.1) is 0 Å². The van der Waals surface area contributed by atoms with Crippen LogP contribution in [0.25, 0.3) is 98.7 Å². The smallest absolute Gasteiger partial charge is 0.00139 e. The maximum absolute atomic E-state index is 2.36. The maximum atomic E-state index is 2.36. The quantitative estimate of drug-likeness (QED) is 0.158. The first kappa shape index (κ1) is 31.9. The normalized spacial score (nSPS) is 11.5. The van der Waals surface area contributed by atoms with Gasteiger partial charge in [0.15, 0.2) is 0 Å². The van der Waals surface area contributed by atoms with E-state index in [1.54, 1.807) is 0 Å². The van der Waals surface area contributed by atoms with E-state index in [2.05, 4.69) is 208 Å². The van der Waals surface area contributed by atoms with E-state index in [1.807, 2.05) is 0 Å². The summed E-state index contributed by atoms with van der Waals surface area (Å²) in [5.74, 6) is 0. The molecule has 0 aliphatic rings. The van der Waals surface area contributed by atoms with E-state index in [-0.39, 0.29) is 0 Å². The number of fused-ring (bicyclic) bond motifs is 4. The number of hydrogen-bond acceptors (Lipinski definition) is 0. The van der Waals surface area contributed by atoms with E-state index >= 15 is 0 Å². The van der Waals surface area contributed by atoms with Gasteiger partial charge >= 0.3 is 0 Å². The van der Waals surface area contributed by atoms with Gasteiger partial charge in [0.05, 0.1) is 0 Å². The third-order valence-electron chi connectivity index (χ3n) is 11.2. The van der Waals surface area contributed by atoms with Gasteiger partial charge in [-0.05, 0) is 113 Å². The second-order valence-electron chi connectivity index (χ2n) is 14.5. The van der Waals surface area contributed by atoms with Crippen LogP contribution >= 0.6 is 0 Å². The highest BCUT2D eigenvalue weighted by atomic mass is 14.3. The number of benzene rings is 10. The van der Waals surface area contributed by atoms with Crippen LogP contribution in [0.3, 0.4) is 0 Å². The Labute approximate surface area is 316 Å². The van der Waals surface area contributed by atoms with Crippen LogP contribution in [0.15, 0.2) is 194 Å². The van der Waals surface area contributed by atoms with Crippen LogP contribution in [0, 0.1) is 13.8 Å². The third-order valence-corrected chi connectivity index (χ3v) is 11.2. The lowest BCUT2D eigenvalue weighted by Gasteiger charge is -2.23. The summed E-state index contributed by atoms with van der Waals surface area (Å²) in [7, 11) is 0. The molecule has 0 N–H and O–H groups in total. The van der Waals surface area contributed by atoms with Crippen LogP contribution in [-0.2, 0) is 0 Å². The molecule has 0 nitrogen and oxygen atoms in total. The van der Waals surface area contributed by atoms with Crippen molar-refractivity contribution in [3.63, 3.8) is 0 Å². The van der Waals surface area contributed by atoms with Crippen LogP contribution in [0.5, 0.6) is 0 Å². The Hall–Kier alpha value is -6.76. The van der Waals surface area contributed by atoms with E-state index in [9.17, 15) is 0 Å². The fourth-order valence-corrected chi connectivity index (χ4v) is 8.78. The summed E-state index contributed by atoms with van der Waals surface area (Å²) in [6.45, 7) is 4.34. The molecule has 0 atom stereocenters. The highest BCUT2D eigenvalue weighted by Crippen LogP contribution is 2.51. The number of aryl methyl sites for hydroxylation is 2. The topological polar surface area (TPSA) is 0 Å². The predicted molar refractivity (Wildman–Crippen MR) is 233 cm³/mol. The van der Waals surface area contributed by atoms with Crippen LogP contribution in [0.1, 0.15) is 11.1 Å². The zero-order valence-corrected chi connectivity index (χ0v) is 30.5. The minimum absolute atomic E-state index is 1.22. The molecule has 0 aliphatic heterocycles. The lowest BCUT2D eigenvalue weighted by Crippen LogP contribution is -1.96. The summed E-state index contributed by atoms with van der Waals surface area (Å²) < 4.78 is 0. The lowest BCUT2D eigenvalue weighted by molar-refractivity contribution is 1.47. The summed E-state index contributed by atoms with van der Waals surface area (Å²) in [6, 6.07) is 71.9. The Bertz CT molecular complexity index is 2800. The molecule has 0 saturated heterocycles. The van der Waals surface area contributed by atoms with Gasteiger partial charge in [0, 0.05) is 0 Å². The van der Waals surface area contributed by atoms with Gasteiger partial charge in [0.1, 0.15) is 0 Å². The van der Waals surface area contributed by atoms with Crippen molar-refractivity contribution in [1.29, 1.82) is 0 Å². The molecule has 0 saturated carbocycles. The molecule has 0 unspecified atom stereocenters. The van der Waals surface area contributed by atoms with E-state index in [4.69, 9.17) is 0 Å². The van der Waals surface area contributed by atoms with Crippen molar-refractivity contribution in [1.82, 2.24) is 0 Å². The minimum atomic E-state index is 1.22. The van der Waals surface area contributed by atoms with E-state index < -0.39 is 0 Å². The van der Waals surface area contributed by atoms with Gasteiger partial charge in [0.2, 0.25) is 0 Å². The van der Waals surface area contributed by atoms with Crippen molar-refractivity contribution in [3.05, 3.63) is 205 Å². The molecule has 0 amide bonds. The predicted octanol–water partition coefficient (Wildman–Crippen LogP) is 15.3. The van der Waals surface area contributed by atoms with Crippen molar-refractivity contribution < 1.29 is 0 Å². The minimum Gasteiger partial charge on any atom is -0.0622 e. The van der Waals surface area contributed by atoms with Crippen molar-refractivity contribution in [2.24, 2.45) is 0 Å². The summed E-state index contributed by atoms with van der Waals surface area (Å²) >= 11 is 0. The van der Waals surface area contributed by atoms with Crippen molar-refractivity contribution in [3.8, 4) is 55.6 Å². The van der Waals surface area contributed by atoms with Gasteiger partial charge in [-0.1, -0.05) is 205 Å². The second-order valence-corrected chi connectivity index (χ2v) is 14.5. The molecular weight excluding hydrogens is 649 g/mol. The SMILES string of the molecule is Cc1ccc(-c2c3ccccc3c(-c3ccccc3)c3cccc(-c4cccc5c(-c6ccccc6)c6ccccc6c(-c6ccc(C)cc6)c45)c23)cc1. The first-order chi connectivity index (χ1) is 26.7. The van der Waals surface area contributed by atoms with Crippen LogP contribution in [0.4, 0.5) is 0 Å². The van der Waals surface area contributed by atoms with Crippen LogP contribution in [0.2, 0.25) is 0 Å². The summed E-state index contributed by atoms with van der Waals surface area (Å²) in [4.78, 5) is 0. The van der Waals surface area contributed by atoms with Gasteiger partial charge in [-0.2, -0.15) is 0 Å². The summed E-state index contributed by atoms with van der Waals surface area (Å²) in [5.41, 5.74) is 15.0. The van der Waals surface area contributed by atoms with Gasteiger partial charge < -0.3 is 0 Å². The number of hydrogen-bond donors (Lipinski definition) is 0. The molecule has 0 heterocycles. The zero-order valence-electron chi connectivity index (χ0n) is 30.5. The van der Waals surface area contributed by atoms with Gasteiger partial charge in [-0.3, -0.25) is 0 Å². The summed E-state index contributed by atoms with van der Waals surface area (Å²) in [6.07, 6.45) is 0. The summed E-state index contributed by atoms with van der Waals surface area (Å²) in [5, 5.41) is 10.1. The van der Waals surface area contributed by atoms with Gasteiger partial charge in [-0.25, -0.2) is 0 Å². The molecule has 0 fully saturated rings. The molecule has 0 aromatic heterocycles. The average Bonchev–Trinajstić information content (AvgIpc) is 3.23. The maximum Gasteiger partial charge on any atom is -0.00139 e. The van der Waals surface area contributed by atoms with Crippen LogP contribution in [-0.4, -0.2) is 0 Å². The molecule has 0 spiro atoms. The molecule has 10 aromatic rings. The largest absolute Gasteiger partial charge is 0.0622 e. The van der Waals surface area contributed by atoms with Crippen molar-refractivity contribution in [2.75, 3.05) is 0 Å². The molecule has 54 heavy (non-hydrogen) atoms. The van der Waals surface area contributed by atoms with E-state index in [0.29, 0.717) is 0 Å². The Balaban J connectivity index is 1.44. The first-order valence-electron chi connectivity index (χ1n) is 18.9. The fraction of sp³-hybridized carbons (Fsp3) is 0.0370. The van der Waals surface area contributed by atoms with Gasteiger partial charge in [0.25, 0.3) is 0 Å². The Morgan fingerprint density at radius 1 is 0.222 bits per heavy atom. The van der Waals surface area contributed by atoms with Crippen molar-refractivity contribution >= 4 is 43.1 Å². The standard InChI is InChI=1S/C54H38/c1-35-27-31-39(32-28-35)51-43-21-11-9-19-41(43)49(37-15-5-3-6-16-37)47-25-13-23-45(53(47)51)46-24-14-26-48-50(38-17-7-4-8-18-38)42-20-10-12-22-44(42)52(54(46)48)40-33-29-36(2)30-34-40/h3-34H,1-2H3. The van der Waals surface area contributed by atoms with E-state index in [0.717, 1.165) is 0 Å². The highest BCUT2D eigenvalue weighted by molar-refractivity contribution is 6.29. The molecule has 10 rings (SSSR count).